The molecule has 0 aliphatic heterocycles. The molecule has 88 valence electrons. The van der Waals surface area contributed by atoms with E-state index < -0.39 is 0 Å². The summed E-state index contributed by atoms with van der Waals surface area (Å²) in [7, 11) is 1.72. The Balaban J connectivity index is 1.99. The van der Waals surface area contributed by atoms with E-state index in [-0.39, 0.29) is 0 Å². The minimum atomic E-state index is 0.751. The van der Waals surface area contributed by atoms with Crippen molar-refractivity contribution < 1.29 is 4.74 Å². The van der Waals surface area contributed by atoms with Gasteiger partial charge in [-0.2, -0.15) is 0 Å². The molecule has 1 aromatic rings. The third-order valence-electron chi connectivity index (χ3n) is 3.70. The smallest absolute Gasteiger partial charge is 0.121 e. The topological polar surface area (TPSA) is 35.2 Å². The third-order valence-corrected chi connectivity index (χ3v) is 3.70. The second kappa shape index (κ2) is 4.88. The summed E-state index contributed by atoms with van der Waals surface area (Å²) < 4.78 is 5.27. The van der Waals surface area contributed by atoms with Crippen LogP contribution in [0.15, 0.2) is 18.2 Å². The fourth-order valence-corrected chi connectivity index (χ4v) is 2.63. The molecule has 2 rings (SSSR count). The molecule has 0 atom stereocenters. The summed E-state index contributed by atoms with van der Waals surface area (Å²) in [5.41, 5.74) is 8.27. The SMILES string of the molecule is COc1ccc(C2CC(CCN)C2)cc1C. The molecule has 0 saturated heterocycles. The predicted molar refractivity (Wildman–Crippen MR) is 66.9 cm³/mol. The number of aryl methyl sites for hydroxylation is 1. The Morgan fingerprint density at radius 1 is 1.38 bits per heavy atom. The minimum Gasteiger partial charge on any atom is -0.496 e. The molecule has 1 fully saturated rings. The molecule has 0 bridgehead atoms. The van der Waals surface area contributed by atoms with Gasteiger partial charge >= 0.3 is 0 Å². The lowest BCUT2D eigenvalue weighted by Gasteiger charge is -2.35. The molecular formula is C14H21NO. The number of rotatable bonds is 4. The highest BCUT2D eigenvalue weighted by atomic mass is 16.5. The summed E-state index contributed by atoms with van der Waals surface area (Å²) in [5, 5.41) is 0. The highest BCUT2D eigenvalue weighted by Gasteiger charge is 2.29. The molecule has 0 heterocycles. The van der Waals surface area contributed by atoms with Crippen molar-refractivity contribution in [3.8, 4) is 5.75 Å². The van der Waals surface area contributed by atoms with Crippen molar-refractivity contribution in [2.24, 2.45) is 11.7 Å². The number of hydrogen-bond donors (Lipinski definition) is 1. The maximum Gasteiger partial charge on any atom is 0.121 e. The molecule has 2 N–H and O–H groups in total. The summed E-state index contributed by atoms with van der Waals surface area (Å²) in [6.07, 6.45) is 3.80. The van der Waals surface area contributed by atoms with Gasteiger partial charge in [0.25, 0.3) is 0 Å². The van der Waals surface area contributed by atoms with E-state index >= 15 is 0 Å². The highest BCUT2D eigenvalue weighted by molar-refractivity contribution is 5.38. The van der Waals surface area contributed by atoms with Gasteiger partial charge in [0.1, 0.15) is 5.75 Å². The van der Waals surface area contributed by atoms with Crippen LogP contribution in [0.5, 0.6) is 5.75 Å². The Morgan fingerprint density at radius 2 is 2.12 bits per heavy atom. The van der Waals surface area contributed by atoms with Gasteiger partial charge in [0, 0.05) is 0 Å². The van der Waals surface area contributed by atoms with E-state index in [4.69, 9.17) is 10.5 Å². The Hall–Kier alpha value is -1.02. The largest absolute Gasteiger partial charge is 0.496 e. The average Bonchev–Trinajstić information content (AvgIpc) is 2.22. The van der Waals surface area contributed by atoms with Gasteiger partial charge in [-0.25, -0.2) is 0 Å². The van der Waals surface area contributed by atoms with E-state index in [1.165, 1.54) is 30.4 Å². The van der Waals surface area contributed by atoms with Crippen LogP contribution in [0.4, 0.5) is 0 Å². The second-order valence-corrected chi connectivity index (χ2v) is 4.84. The molecular weight excluding hydrogens is 198 g/mol. The summed E-state index contributed by atoms with van der Waals surface area (Å²) in [6, 6.07) is 6.55. The molecule has 1 aliphatic carbocycles. The normalized spacial score (nSPS) is 23.9. The highest BCUT2D eigenvalue weighted by Crippen LogP contribution is 2.43. The first-order valence-corrected chi connectivity index (χ1v) is 6.09. The van der Waals surface area contributed by atoms with Gasteiger partial charge in [0.15, 0.2) is 0 Å². The zero-order valence-electron chi connectivity index (χ0n) is 10.2. The zero-order chi connectivity index (χ0) is 11.5. The molecule has 1 saturated carbocycles. The summed E-state index contributed by atoms with van der Waals surface area (Å²) in [4.78, 5) is 0. The number of nitrogens with two attached hydrogens (primary N) is 1. The molecule has 2 heteroatoms. The van der Waals surface area contributed by atoms with Crippen molar-refractivity contribution in [1.82, 2.24) is 0 Å². The van der Waals surface area contributed by atoms with E-state index in [9.17, 15) is 0 Å². The van der Waals surface area contributed by atoms with Crippen LogP contribution in [0.25, 0.3) is 0 Å². The van der Waals surface area contributed by atoms with Crippen LogP contribution in [-0.2, 0) is 0 Å². The van der Waals surface area contributed by atoms with Gasteiger partial charge in [-0.05, 0) is 61.8 Å². The molecule has 0 spiro atoms. The van der Waals surface area contributed by atoms with E-state index in [1.54, 1.807) is 7.11 Å². The van der Waals surface area contributed by atoms with Crippen LogP contribution in [0.1, 0.15) is 36.3 Å². The Morgan fingerprint density at radius 3 is 2.69 bits per heavy atom. The lowest BCUT2D eigenvalue weighted by atomic mass is 9.70. The van der Waals surface area contributed by atoms with E-state index in [0.717, 1.165) is 24.1 Å². The first-order valence-electron chi connectivity index (χ1n) is 6.09. The minimum absolute atomic E-state index is 0.751. The molecule has 0 radical (unpaired) electrons. The molecule has 2 nitrogen and oxygen atoms in total. The van der Waals surface area contributed by atoms with E-state index in [2.05, 4.69) is 25.1 Å². The Kier molecular flexibility index (Phi) is 3.49. The van der Waals surface area contributed by atoms with Crippen molar-refractivity contribution in [3.05, 3.63) is 29.3 Å². The molecule has 0 aromatic heterocycles. The summed E-state index contributed by atoms with van der Waals surface area (Å²) >= 11 is 0. The van der Waals surface area contributed by atoms with E-state index in [1.807, 2.05) is 0 Å². The Bertz CT molecular complexity index is 356. The van der Waals surface area contributed by atoms with Gasteiger partial charge in [0.2, 0.25) is 0 Å². The molecule has 16 heavy (non-hydrogen) atoms. The first-order chi connectivity index (χ1) is 7.74. The third kappa shape index (κ3) is 2.22. The maximum absolute atomic E-state index is 5.57. The van der Waals surface area contributed by atoms with Crippen molar-refractivity contribution in [3.63, 3.8) is 0 Å². The number of hydrogen-bond acceptors (Lipinski definition) is 2. The number of benzene rings is 1. The first kappa shape index (κ1) is 11.5. The van der Waals surface area contributed by atoms with Crippen molar-refractivity contribution in [1.29, 1.82) is 0 Å². The van der Waals surface area contributed by atoms with Crippen LogP contribution in [-0.4, -0.2) is 13.7 Å². The van der Waals surface area contributed by atoms with Gasteiger partial charge in [-0.1, -0.05) is 12.1 Å². The number of ether oxygens (including phenoxy) is 1. The predicted octanol–water partition coefficient (Wildman–Crippen LogP) is 2.85. The monoisotopic (exact) mass is 219 g/mol. The summed E-state index contributed by atoms with van der Waals surface area (Å²) in [6.45, 7) is 2.94. The molecule has 0 amide bonds. The van der Waals surface area contributed by atoms with Gasteiger partial charge in [-0.15, -0.1) is 0 Å². The molecule has 1 aromatic carbocycles. The molecule has 0 unspecified atom stereocenters. The van der Waals surface area contributed by atoms with E-state index in [0.29, 0.717) is 0 Å². The van der Waals surface area contributed by atoms with Gasteiger partial charge < -0.3 is 10.5 Å². The van der Waals surface area contributed by atoms with Crippen LogP contribution >= 0.6 is 0 Å². The van der Waals surface area contributed by atoms with Crippen molar-refractivity contribution >= 4 is 0 Å². The Labute approximate surface area is 97.8 Å². The fourth-order valence-electron chi connectivity index (χ4n) is 2.63. The van der Waals surface area contributed by atoms with Crippen molar-refractivity contribution in [2.75, 3.05) is 13.7 Å². The van der Waals surface area contributed by atoms with Gasteiger partial charge in [-0.3, -0.25) is 0 Å². The lowest BCUT2D eigenvalue weighted by Crippen LogP contribution is -2.24. The van der Waals surface area contributed by atoms with Crippen LogP contribution in [0.2, 0.25) is 0 Å². The molecule has 1 aliphatic rings. The quantitative estimate of drug-likeness (QED) is 0.845. The van der Waals surface area contributed by atoms with Crippen LogP contribution in [0.3, 0.4) is 0 Å². The standard InChI is InChI=1S/C14H21NO/c1-10-7-12(3-4-14(10)16-2)13-8-11(9-13)5-6-15/h3-4,7,11,13H,5-6,8-9,15H2,1-2H3. The fraction of sp³-hybridized carbons (Fsp3) is 0.571. The second-order valence-electron chi connectivity index (χ2n) is 4.84. The number of methoxy groups -OCH3 is 1. The van der Waals surface area contributed by atoms with Crippen molar-refractivity contribution in [2.45, 2.75) is 32.1 Å². The van der Waals surface area contributed by atoms with Gasteiger partial charge in [0.05, 0.1) is 7.11 Å². The zero-order valence-corrected chi connectivity index (χ0v) is 10.2. The van der Waals surface area contributed by atoms with Crippen LogP contribution < -0.4 is 10.5 Å². The summed E-state index contributed by atoms with van der Waals surface area (Å²) in [5.74, 6) is 2.60. The lowest BCUT2D eigenvalue weighted by molar-refractivity contribution is 0.251. The maximum atomic E-state index is 5.57. The average molecular weight is 219 g/mol. The van der Waals surface area contributed by atoms with Crippen LogP contribution in [0, 0.1) is 12.8 Å².